The molecule has 0 unspecified atom stereocenters. The topological polar surface area (TPSA) is 84.7 Å². The summed E-state index contributed by atoms with van der Waals surface area (Å²) in [6, 6.07) is 9.49. The van der Waals surface area contributed by atoms with Crippen molar-refractivity contribution < 1.29 is 0 Å². The number of anilines is 2. The number of imidazole rings is 1. The fourth-order valence-corrected chi connectivity index (χ4v) is 2.07. The van der Waals surface area contributed by atoms with Crippen molar-refractivity contribution in [2.24, 2.45) is 14.1 Å². The van der Waals surface area contributed by atoms with Crippen LogP contribution in [0.2, 0.25) is 0 Å². The molecule has 102 valence electrons. The fourth-order valence-electron chi connectivity index (χ4n) is 2.07. The maximum atomic E-state index is 11.9. The van der Waals surface area contributed by atoms with E-state index in [0.717, 1.165) is 5.69 Å². The smallest absolute Gasteiger partial charge is 0.326 e. The highest BCUT2D eigenvalue weighted by molar-refractivity contribution is 5.75. The Balaban J connectivity index is 2.21. The summed E-state index contributed by atoms with van der Waals surface area (Å²) >= 11 is 0. The molecule has 0 aliphatic rings. The van der Waals surface area contributed by atoms with Crippen LogP contribution in [0.15, 0.2) is 39.9 Å². The third kappa shape index (κ3) is 1.80. The van der Waals surface area contributed by atoms with E-state index >= 15 is 0 Å². The Morgan fingerprint density at radius 2 is 1.80 bits per heavy atom. The summed E-state index contributed by atoms with van der Waals surface area (Å²) in [4.78, 5) is 30.0. The van der Waals surface area contributed by atoms with Crippen LogP contribution in [0.1, 0.15) is 0 Å². The van der Waals surface area contributed by atoms with Gasteiger partial charge in [-0.1, -0.05) is 18.2 Å². The molecule has 7 nitrogen and oxygen atoms in total. The fraction of sp³-hybridized carbons (Fsp3) is 0.154. The number of aromatic amines is 1. The van der Waals surface area contributed by atoms with E-state index in [1.165, 1.54) is 4.57 Å². The van der Waals surface area contributed by atoms with Gasteiger partial charge in [0.25, 0.3) is 5.56 Å². The molecule has 2 N–H and O–H groups in total. The standard InChI is InChI=1S/C13H13N5O2/c1-17-9-10(18(2)13(20)16-11(9)19)15-12(17)14-8-6-4-3-5-7-8/h3-7H,1-2H3,(H,14,15)(H,16,19,20). The van der Waals surface area contributed by atoms with Crippen molar-refractivity contribution >= 4 is 22.8 Å². The van der Waals surface area contributed by atoms with Crippen molar-refractivity contribution in [3.8, 4) is 0 Å². The summed E-state index contributed by atoms with van der Waals surface area (Å²) in [5, 5.41) is 3.12. The lowest BCUT2D eigenvalue weighted by atomic mass is 10.3. The van der Waals surface area contributed by atoms with Crippen LogP contribution in [0.5, 0.6) is 0 Å². The maximum absolute atomic E-state index is 11.9. The molecule has 0 spiro atoms. The van der Waals surface area contributed by atoms with Gasteiger partial charge in [0.05, 0.1) is 0 Å². The maximum Gasteiger partial charge on any atom is 0.329 e. The summed E-state index contributed by atoms with van der Waals surface area (Å²) in [6.07, 6.45) is 0. The number of nitrogens with zero attached hydrogens (tertiary/aromatic N) is 3. The number of H-pyrrole nitrogens is 1. The molecule has 3 aromatic rings. The van der Waals surface area contributed by atoms with E-state index in [2.05, 4.69) is 15.3 Å². The molecule has 0 bridgehead atoms. The van der Waals surface area contributed by atoms with Crippen LogP contribution in [0.25, 0.3) is 11.2 Å². The number of benzene rings is 1. The Morgan fingerprint density at radius 1 is 1.10 bits per heavy atom. The largest absolute Gasteiger partial charge is 0.329 e. The molecule has 0 aliphatic heterocycles. The van der Waals surface area contributed by atoms with E-state index in [0.29, 0.717) is 17.1 Å². The zero-order valence-corrected chi connectivity index (χ0v) is 11.0. The lowest BCUT2D eigenvalue weighted by molar-refractivity contribution is 0.829. The number of fused-ring (bicyclic) bond motifs is 1. The second kappa shape index (κ2) is 4.37. The van der Waals surface area contributed by atoms with Gasteiger partial charge < -0.3 is 9.88 Å². The van der Waals surface area contributed by atoms with E-state index in [4.69, 9.17) is 0 Å². The van der Waals surface area contributed by atoms with Crippen LogP contribution < -0.4 is 16.6 Å². The first-order chi connectivity index (χ1) is 9.58. The molecular weight excluding hydrogens is 258 g/mol. The normalized spacial score (nSPS) is 10.9. The van der Waals surface area contributed by atoms with Crippen molar-refractivity contribution in [1.82, 2.24) is 19.1 Å². The van der Waals surface area contributed by atoms with Gasteiger partial charge in [0, 0.05) is 19.8 Å². The quantitative estimate of drug-likeness (QED) is 0.718. The molecular formula is C13H13N5O2. The van der Waals surface area contributed by atoms with Crippen LogP contribution in [-0.4, -0.2) is 19.1 Å². The number of para-hydroxylation sites is 1. The van der Waals surface area contributed by atoms with Crippen LogP contribution in [-0.2, 0) is 14.1 Å². The van der Waals surface area contributed by atoms with E-state index in [1.54, 1.807) is 18.7 Å². The molecule has 0 atom stereocenters. The van der Waals surface area contributed by atoms with E-state index in [9.17, 15) is 9.59 Å². The molecule has 0 amide bonds. The van der Waals surface area contributed by atoms with Gasteiger partial charge in [-0.25, -0.2) is 4.79 Å². The van der Waals surface area contributed by atoms with Crippen LogP contribution >= 0.6 is 0 Å². The lowest BCUT2D eigenvalue weighted by Gasteiger charge is -2.04. The Morgan fingerprint density at radius 3 is 2.50 bits per heavy atom. The van der Waals surface area contributed by atoms with Crippen molar-refractivity contribution in [2.45, 2.75) is 0 Å². The first-order valence-electron chi connectivity index (χ1n) is 6.05. The molecule has 20 heavy (non-hydrogen) atoms. The van der Waals surface area contributed by atoms with Crippen LogP contribution in [0, 0.1) is 0 Å². The zero-order chi connectivity index (χ0) is 14.3. The number of aromatic nitrogens is 4. The number of hydrogen-bond donors (Lipinski definition) is 2. The van der Waals surface area contributed by atoms with Gasteiger partial charge >= 0.3 is 5.69 Å². The third-order valence-corrected chi connectivity index (χ3v) is 3.16. The van der Waals surface area contributed by atoms with Gasteiger partial charge in [0.1, 0.15) is 0 Å². The number of hydrogen-bond acceptors (Lipinski definition) is 4. The predicted octanol–water partition coefficient (Wildman–Crippen LogP) is 0.704. The molecule has 0 saturated heterocycles. The van der Waals surface area contributed by atoms with Crippen molar-refractivity contribution in [3.63, 3.8) is 0 Å². The molecule has 2 aromatic heterocycles. The number of aryl methyl sites for hydroxylation is 2. The number of nitrogens with one attached hydrogen (secondary N) is 2. The molecule has 0 saturated carbocycles. The van der Waals surface area contributed by atoms with E-state index in [-0.39, 0.29) is 0 Å². The molecule has 0 radical (unpaired) electrons. The molecule has 3 rings (SSSR count). The van der Waals surface area contributed by atoms with Crippen molar-refractivity contribution in [1.29, 1.82) is 0 Å². The molecule has 0 fully saturated rings. The summed E-state index contributed by atoms with van der Waals surface area (Å²) in [6.45, 7) is 0. The average molecular weight is 271 g/mol. The lowest BCUT2D eigenvalue weighted by Crippen LogP contribution is -2.29. The predicted molar refractivity (Wildman–Crippen MR) is 76.3 cm³/mol. The Bertz CT molecular complexity index is 889. The first-order valence-corrected chi connectivity index (χ1v) is 6.05. The third-order valence-electron chi connectivity index (χ3n) is 3.16. The van der Waals surface area contributed by atoms with Gasteiger partial charge in [-0.3, -0.25) is 14.3 Å². The summed E-state index contributed by atoms with van der Waals surface area (Å²) in [7, 11) is 3.29. The van der Waals surface area contributed by atoms with Gasteiger partial charge in [0.2, 0.25) is 5.95 Å². The van der Waals surface area contributed by atoms with Crippen molar-refractivity contribution in [3.05, 3.63) is 51.2 Å². The Kier molecular flexibility index (Phi) is 2.67. The molecule has 7 heteroatoms. The SMILES string of the molecule is Cn1c(Nc2ccccc2)nc2c1c(=O)[nH]c(=O)n2C. The van der Waals surface area contributed by atoms with Gasteiger partial charge in [-0.05, 0) is 12.1 Å². The monoisotopic (exact) mass is 271 g/mol. The van der Waals surface area contributed by atoms with E-state index in [1.807, 2.05) is 30.3 Å². The summed E-state index contributed by atoms with van der Waals surface area (Å²) in [5.74, 6) is 0.498. The average Bonchev–Trinajstić information content (AvgIpc) is 2.75. The highest BCUT2D eigenvalue weighted by Crippen LogP contribution is 2.17. The van der Waals surface area contributed by atoms with Crippen molar-refractivity contribution in [2.75, 3.05) is 5.32 Å². The molecule has 0 aliphatic carbocycles. The van der Waals surface area contributed by atoms with E-state index < -0.39 is 11.2 Å². The molecule has 2 heterocycles. The summed E-state index contributed by atoms with van der Waals surface area (Å²) in [5.41, 5.74) is 0.628. The Labute approximate surface area is 113 Å². The van der Waals surface area contributed by atoms with Gasteiger partial charge in [0.15, 0.2) is 11.2 Å². The van der Waals surface area contributed by atoms with Gasteiger partial charge in [-0.2, -0.15) is 4.98 Å². The van der Waals surface area contributed by atoms with Gasteiger partial charge in [-0.15, -0.1) is 0 Å². The van der Waals surface area contributed by atoms with Crippen LogP contribution in [0.3, 0.4) is 0 Å². The highest BCUT2D eigenvalue weighted by atomic mass is 16.2. The minimum Gasteiger partial charge on any atom is -0.326 e. The highest BCUT2D eigenvalue weighted by Gasteiger charge is 2.14. The van der Waals surface area contributed by atoms with Crippen LogP contribution in [0.4, 0.5) is 11.6 Å². The Hall–Kier alpha value is -2.83. The zero-order valence-electron chi connectivity index (χ0n) is 11.0. The second-order valence-electron chi connectivity index (χ2n) is 4.48. The minimum atomic E-state index is -0.480. The summed E-state index contributed by atoms with van der Waals surface area (Å²) < 4.78 is 2.94. The number of rotatable bonds is 2. The second-order valence-corrected chi connectivity index (χ2v) is 4.48. The minimum absolute atomic E-state index is 0.347. The molecule has 1 aromatic carbocycles. The first kappa shape index (κ1) is 12.2.